The van der Waals surface area contributed by atoms with Crippen LogP contribution in [0.3, 0.4) is 0 Å². The fourth-order valence-corrected chi connectivity index (χ4v) is 4.56. The fourth-order valence-electron chi connectivity index (χ4n) is 4.18. The van der Waals surface area contributed by atoms with Crippen molar-refractivity contribution in [3.8, 4) is 17.6 Å². The molecule has 7 heteroatoms. The second kappa shape index (κ2) is 10.8. The van der Waals surface area contributed by atoms with Gasteiger partial charge in [0.1, 0.15) is 16.0 Å². The first kappa shape index (κ1) is 25.6. The Morgan fingerprint density at radius 2 is 1.75 bits per heavy atom. The number of allylic oxidation sites excluding steroid dienone is 1. The van der Waals surface area contributed by atoms with Crippen molar-refractivity contribution in [2.45, 2.75) is 26.7 Å². The third-order valence-corrected chi connectivity index (χ3v) is 6.09. The molecule has 3 unspecified atom stereocenters. The quantitative estimate of drug-likeness (QED) is 0.430. The summed E-state index contributed by atoms with van der Waals surface area (Å²) in [6, 6.07) is 16.8. The molecule has 2 aromatic rings. The second-order valence-corrected chi connectivity index (χ2v) is 9.27. The second-order valence-electron chi connectivity index (χ2n) is 8.26. The third kappa shape index (κ3) is 5.38. The molecule has 32 heavy (non-hydrogen) atoms. The van der Waals surface area contributed by atoms with Gasteiger partial charge in [-0.2, -0.15) is 5.26 Å². The van der Waals surface area contributed by atoms with Crippen LogP contribution >= 0.6 is 23.2 Å². The maximum absolute atomic E-state index is 12.6. The summed E-state index contributed by atoms with van der Waals surface area (Å²) in [4.78, 5) is 14.6. The van der Waals surface area contributed by atoms with E-state index in [4.69, 9.17) is 27.9 Å². The predicted molar refractivity (Wildman–Crippen MR) is 129 cm³/mol. The van der Waals surface area contributed by atoms with E-state index in [0.717, 1.165) is 5.69 Å². The van der Waals surface area contributed by atoms with Crippen LogP contribution in [0.2, 0.25) is 0 Å². The molecule has 0 heterocycles. The van der Waals surface area contributed by atoms with Crippen molar-refractivity contribution in [1.29, 1.82) is 5.26 Å². The molecule has 0 aromatic heterocycles. The zero-order valence-corrected chi connectivity index (χ0v) is 20.4. The van der Waals surface area contributed by atoms with Crippen molar-refractivity contribution in [2.75, 3.05) is 19.0 Å². The Morgan fingerprint density at radius 3 is 2.22 bits per heavy atom. The summed E-state index contributed by atoms with van der Waals surface area (Å²) in [7, 11) is 3.91. The van der Waals surface area contributed by atoms with Gasteiger partial charge in [-0.15, -0.1) is 0 Å². The minimum absolute atomic E-state index is 0.0290. The lowest BCUT2D eigenvalue weighted by molar-refractivity contribution is -0.155. The predicted octanol–water partition coefficient (Wildman–Crippen LogP) is 6.83. The van der Waals surface area contributed by atoms with Gasteiger partial charge in [-0.1, -0.05) is 62.2 Å². The molecule has 2 aromatic carbocycles. The van der Waals surface area contributed by atoms with Gasteiger partial charge < -0.3 is 14.7 Å². The van der Waals surface area contributed by atoms with Crippen molar-refractivity contribution in [3.63, 3.8) is 0 Å². The van der Waals surface area contributed by atoms with Gasteiger partial charge in [-0.25, -0.2) is 0 Å². The van der Waals surface area contributed by atoms with Crippen LogP contribution in [-0.2, 0) is 4.79 Å². The minimum Gasteiger partial charge on any atom is -0.481 e. The van der Waals surface area contributed by atoms with Crippen LogP contribution in [0.5, 0.6) is 11.5 Å². The average molecular weight is 475 g/mol. The fraction of sp³-hybridized carbons (Fsp3) is 0.360. The Balaban J connectivity index is 2.50. The Kier molecular flexibility index (Phi) is 8.60. The molecule has 0 radical (unpaired) electrons. The van der Waals surface area contributed by atoms with Crippen LogP contribution in [-0.4, -0.2) is 25.2 Å². The Labute approximate surface area is 199 Å². The maximum Gasteiger partial charge on any atom is 0.312 e. The van der Waals surface area contributed by atoms with Gasteiger partial charge in [-0.05, 0) is 53.8 Å². The van der Waals surface area contributed by atoms with E-state index < -0.39 is 23.2 Å². The number of ether oxygens (including phenoxy) is 1. The number of rotatable bonds is 9. The van der Waals surface area contributed by atoms with Crippen LogP contribution in [0.25, 0.3) is 0 Å². The largest absolute Gasteiger partial charge is 0.481 e. The summed E-state index contributed by atoms with van der Waals surface area (Å²) in [6.45, 7) is 5.30. The van der Waals surface area contributed by atoms with E-state index in [1.165, 1.54) is 6.08 Å². The highest BCUT2D eigenvalue weighted by Gasteiger charge is 2.53. The number of carboxylic acids is 1. The molecule has 0 aliphatic rings. The molecule has 170 valence electrons. The van der Waals surface area contributed by atoms with E-state index in [1.54, 1.807) is 45.0 Å². The van der Waals surface area contributed by atoms with Crippen molar-refractivity contribution in [2.24, 2.45) is 17.3 Å². The SMILES string of the molecule is CC(C)C(C(=O)O)(C(C)C=C(Cl)Cl)C(C#N)c1cccc(Oc2ccc(N(C)C)cc2)c1. The summed E-state index contributed by atoms with van der Waals surface area (Å²) < 4.78 is 5.95. The molecule has 5 nitrogen and oxygen atoms in total. The van der Waals surface area contributed by atoms with Gasteiger partial charge in [0.2, 0.25) is 0 Å². The van der Waals surface area contributed by atoms with Crippen LogP contribution in [0.1, 0.15) is 32.3 Å². The summed E-state index contributed by atoms with van der Waals surface area (Å²) in [5.74, 6) is -1.87. The maximum atomic E-state index is 12.6. The molecule has 3 atom stereocenters. The van der Waals surface area contributed by atoms with Crippen molar-refractivity contribution >= 4 is 34.9 Å². The number of anilines is 1. The van der Waals surface area contributed by atoms with E-state index in [2.05, 4.69) is 6.07 Å². The summed E-state index contributed by atoms with van der Waals surface area (Å²) >= 11 is 11.7. The topological polar surface area (TPSA) is 73.6 Å². The Bertz CT molecular complexity index is 1010. The van der Waals surface area contributed by atoms with E-state index in [9.17, 15) is 15.2 Å². The van der Waals surface area contributed by atoms with E-state index in [1.807, 2.05) is 43.3 Å². The normalized spacial score (nSPS) is 14.6. The average Bonchev–Trinajstić information content (AvgIpc) is 2.71. The highest BCUT2D eigenvalue weighted by atomic mass is 35.5. The summed E-state index contributed by atoms with van der Waals surface area (Å²) in [5.41, 5.74) is 0.145. The number of hydrogen-bond acceptors (Lipinski definition) is 4. The van der Waals surface area contributed by atoms with E-state index in [0.29, 0.717) is 17.1 Å². The molecule has 0 bridgehead atoms. The number of hydrogen-bond donors (Lipinski definition) is 1. The standard InChI is InChI=1S/C25H28Cl2N2O3/c1-16(2)25(24(30)31,17(3)13-23(26)27)22(15-28)18-7-6-8-21(14-18)32-20-11-9-19(10-12-20)29(4)5/h6-14,16-17,22H,1-5H3,(H,30,31). The van der Waals surface area contributed by atoms with Crippen molar-refractivity contribution < 1.29 is 14.6 Å². The van der Waals surface area contributed by atoms with Gasteiger partial charge in [0.05, 0.1) is 17.4 Å². The molecular formula is C25H28Cl2N2O3. The van der Waals surface area contributed by atoms with Gasteiger partial charge in [-0.3, -0.25) is 4.79 Å². The first-order valence-electron chi connectivity index (χ1n) is 10.2. The molecule has 0 amide bonds. The van der Waals surface area contributed by atoms with Crippen molar-refractivity contribution in [1.82, 2.24) is 0 Å². The van der Waals surface area contributed by atoms with Crippen LogP contribution < -0.4 is 9.64 Å². The summed E-state index contributed by atoms with van der Waals surface area (Å²) in [6.07, 6.45) is 1.48. The molecule has 0 aliphatic carbocycles. The molecular weight excluding hydrogens is 447 g/mol. The minimum atomic E-state index is -1.45. The highest BCUT2D eigenvalue weighted by Crippen LogP contribution is 2.50. The number of nitrogens with zero attached hydrogens (tertiary/aromatic N) is 2. The van der Waals surface area contributed by atoms with E-state index >= 15 is 0 Å². The summed E-state index contributed by atoms with van der Waals surface area (Å²) in [5, 5.41) is 20.4. The van der Waals surface area contributed by atoms with Gasteiger partial charge >= 0.3 is 5.97 Å². The van der Waals surface area contributed by atoms with E-state index in [-0.39, 0.29) is 10.4 Å². The first-order valence-corrected chi connectivity index (χ1v) is 11.0. The zero-order valence-electron chi connectivity index (χ0n) is 18.8. The number of halogens is 2. The van der Waals surface area contributed by atoms with Gasteiger partial charge in [0, 0.05) is 19.8 Å². The molecule has 0 fully saturated rings. The molecule has 0 aliphatic heterocycles. The monoisotopic (exact) mass is 474 g/mol. The molecule has 1 N–H and O–H groups in total. The lowest BCUT2D eigenvalue weighted by atomic mass is 9.59. The number of benzene rings is 2. The number of aliphatic carboxylic acids is 1. The Morgan fingerprint density at radius 1 is 1.12 bits per heavy atom. The zero-order chi connectivity index (χ0) is 24.1. The molecule has 0 saturated carbocycles. The Hall–Kier alpha value is -2.68. The first-order chi connectivity index (χ1) is 15.0. The molecule has 0 saturated heterocycles. The lowest BCUT2D eigenvalue weighted by Crippen LogP contribution is -2.46. The third-order valence-electron chi connectivity index (χ3n) is 5.84. The van der Waals surface area contributed by atoms with Crippen LogP contribution in [0.15, 0.2) is 59.1 Å². The van der Waals surface area contributed by atoms with Crippen LogP contribution in [0, 0.1) is 28.6 Å². The van der Waals surface area contributed by atoms with Crippen LogP contribution in [0.4, 0.5) is 5.69 Å². The van der Waals surface area contributed by atoms with Crippen molar-refractivity contribution in [3.05, 3.63) is 64.7 Å². The van der Waals surface area contributed by atoms with Gasteiger partial charge in [0.15, 0.2) is 0 Å². The smallest absolute Gasteiger partial charge is 0.312 e. The number of nitriles is 1. The number of carbonyl (C=O) groups is 1. The molecule has 0 spiro atoms. The molecule has 2 rings (SSSR count). The van der Waals surface area contributed by atoms with Gasteiger partial charge in [0.25, 0.3) is 0 Å². The lowest BCUT2D eigenvalue weighted by Gasteiger charge is -2.41. The number of carboxylic acid groups (broad SMARTS) is 1. The highest BCUT2D eigenvalue weighted by molar-refractivity contribution is 6.55.